The predicted octanol–water partition coefficient (Wildman–Crippen LogP) is 5.91. The molecule has 0 radical (unpaired) electrons. The highest BCUT2D eigenvalue weighted by Gasteiger charge is 2.53. The van der Waals surface area contributed by atoms with Gasteiger partial charge in [0.1, 0.15) is 0 Å². The maximum atomic E-state index is 2.41. The molecule has 1 aliphatic rings. The van der Waals surface area contributed by atoms with Crippen LogP contribution in [-0.2, 0) is 0 Å². The fourth-order valence-corrected chi connectivity index (χ4v) is 2.25. The number of unbranched alkanes of at least 4 members (excludes halogenated alkanes) is 2. The highest BCUT2D eigenvalue weighted by Crippen LogP contribution is 2.60. The second-order valence-electron chi connectivity index (χ2n) is 4.71. The third kappa shape index (κ3) is 5.58. The lowest BCUT2D eigenvalue weighted by Gasteiger charge is -2.01. The summed E-state index contributed by atoms with van der Waals surface area (Å²) < 4.78 is 0. The van der Waals surface area contributed by atoms with Crippen LogP contribution in [0.15, 0.2) is 0 Å². The molecule has 1 rings (SSSR count). The van der Waals surface area contributed by atoms with E-state index in [9.17, 15) is 0 Å². The minimum atomic E-state index is 0.674. The van der Waals surface area contributed by atoms with Gasteiger partial charge in [-0.15, -0.1) is 0 Å². The molecule has 15 heavy (non-hydrogen) atoms. The van der Waals surface area contributed by atoms with E-state index in [0.29, 0.717) is 5.41 Å². The molecule has 1 aliphatic carbocycles. The summed E-state index contributed by atoms with van der Waals surface area (Å²) in [4.78, 5) is 0. The summed E-state index contributed by atoms with van der Waals surface area (Å²) in [7, 11) is 0. The van der Waals surface area contributed by atoms with Crippen molar-refractivity contribution in [3.05, 3.63) is 0 Å². The van der Waals surface area contributed by atoms with Crippen molar-refractivity contribution in [2.45, 2.75) is 81.1 Å². The van der Waals surface area contributed by atoms with E-state index in [1.807, 2.05) is 27.7 Å². The van der Waals surface area contributed by atoms with E-state index >= 15 is 0 Å². The SMILES string of the molecule is CC.CC.CCCCCC1C(C)C1(C)C. The molecule has 0 aliphatic heterocycles. The summed E-state index contributed by atoms with van der Waals surface area (Å²) in [5.74, 6) is 2.02. The Morgan fingerprint density at radius 1 is 0.933 bits per heavy atom. The molecule has 0 saturated heterocycles. The van der Waals surface area contributed by atoms with Crippen molar-refractivity contribution in [3.8, 4) is 0 Å². The Hall–Kier alpha value is 0. The fourth-order valence-electron chi connectivity index (χ4n) is 2.25. The number of rotatable bonds is 4. The maximum Gasteiger partial charge on any atom is -0.0295 e. The molecule has 1 saturated carbocycles. The zero-order chi connectivity index (χ0) is 12.5. The molecule has 0 aromatic rings. The van der Waals surface area contributed by atoms with Crippen LogP contribution >= 0.6 is 0 Å². The molecule has 94 valence electrons. The minimum absolute atomic E-state index is 0.674. The molecule has 0 aromatic carbocycles. The molecule has 1 fully saturated rings. The monoisotopic (exact) mass is 214 g/mol. The van der Waals surface area contributed by atoms with E-state index < -0.39 is 0 Å². The molecule has 0 aromatic heterocycles. The molecule has 0 heterocycles. The van der Waals surface area contributed by atoms with Crippen molar-refractivity contribution < 1.29 is 0 Å². The van der Waals surface area contributed by atoms with Gasteiger partial charge in [0.15, 0.2) is 0 Å². The van der Waals surface area contributed by atoms with Crippen LogP contribution in [0.3, 0.4) is 0 Å². The van der Waals surface area contributed by atoms with Gasteiger partial charge in [-0.05, 0) is 23.7 Å². The standard InChI is InChI=1S/C11H22.2C2H6/c1-5-6-7-8-10-9(2)11(10,3)4;2*1-2/h9-10H,5-8H2,1-4H3;2*1-2H3. The van der Waals surface area contributed by atoms with Gasteiger partial charge in [0.2, 0.25) is 0 Å². The summed E-state index contributed by atoms with van der Waals surface area (Å²) in [5.41, 5.74) is 0.674. The molecule has 0 heteroatoms. The topological polar surface area (TPSA) is 0 Å². The van der Waals surface area contributed by atoms with Gasteiger partial charge < -0.3 is 0 Å². The highest BCUT2D eigenvalue weighted by atomic mass is 14.6. The second-order valence-corrected chi connectivity index (χ2v) is 4.71. The lowest BCUT2D eigenvalue weighted by molar-refractivity contribution is 0.505. The van der Waals surface area contributed by atoms with E-state index in [1.165, 1.54) is 25.7 Å². The summed E-state index contributed by atoms with van der Waals surface area (Å²) in [6.07, 6.45) is 5.72. The Morgan fingerprint density at radius 2 is 1.33 bits per heavy atom. The number of hydrogen-bond donors (Lipinski definition) is 0. The minimum Gasteiger partial charge on any atom is -0.0683 e. The fraction of sp³-hybridized carbons (Fsp3) is 1.00. The van der Waals surface area contributed by atoms with Gasteiger partial charge >= 0.3 is 0 Å². The van der Waals surface area contributed by atoms with Crippen LogP contribution in [0.25, 0.3) is 0 Å². The lowest BCUT2D eigenvalue weighted by atomic mass is 10.0. The van der Waals surface area contributed by atoms with Crippen LogP contribution in [-0.4, -0.2) is 0 Å². The van der Waals surface area contributed by atoms with Gasteiger partial charge in [-0.3, -0.25) is 0 Å². The van der Waals surface area contributed by atoms with Crippen molar-refractivity contribution in [3.63, 3.8) is 0 Å². The van der Waals surface area contributed by atoms with Crippen molar-refractivity contribution in [1.29, 1.82) is 0 Å². The van der Waals surface area contributed by atoms with Crippen LogP contribution in [0.2, 0.25) is 0 Å². The molecule has 0 N–H and O–H groups in total. The Kier molecular flexibility index (Phi) is 10.7. The molecular formula is C15H34. The normalized spacial score (nSPS) is 25.6. The molecular weight excluding hydrogens is 180 g/mol. The van der Waals surface area contributed by atoms with Gasteiger partial charge in [-0.25, -0.2) is 0 Å². The summed E-state index contributed by atoms with van der Waals surface area (Å²) in [6.45, 7) is 17.5. The van der Waals surface area contributed by atoms with E-state index in [4.69, 9.17) is 0 Å². The molecule has 0 spiro atoms. The summed E-state index contributed by atoms with van der Waals surface area (Å²) in [6, 6.07) is 0. The van der Waals surface area contributed by atoms with Gasteiger partial charge in [0, 0.05) is 0 Å². The lowest BCUT2D eigenvalue weighted by Crippen LogP contribution is -1.90. The van der Waals surface area contributed by atoms with E-state index in [2.05, 4.69) is 27.7 Å². The van der Waals surface area contributed by atoms with E-state index in [0.717, 1.165) is 11.8 Å². The highest BCUT2D eigenvalue weighted by molar-refractivity contribution is 5.01. The molecule has 2 atom stereocenters. The quantitative estimate of drug-likeness (QED) is 0.510. The Labute approximate surface area is 98.9 Å². The Bertz CT molecular complexity index is 124. The molecule has 0 amide bonds. The van der Waals surface area contributed by atoms with Crippen molar-refractivity contribution in [1.82, 2.24) is 0 Å². The zero-order valence-corrected chi connectivity index (χ0v) is 12.5. The third-order valence-corrected chi connectivity index (χ3v) is 3.74. The van der Waals surface area contributed by atoms with Crippen LogP contribution in [0.5, 0.6) is 0 Å². The van der Waals surface area contributed by atoms with Crippen molar-refractivity contribution in [2.24, 2.45) is 17.3 Å². The smallest absolute Gasteiger partial charge is 0.0295 e. The first kappa shape index (κ1) is 17.4. The van der Waals surface area contributed by atoms with E-state index in [1.54, 1.807) is 0 Å². The van der Waals surface area contributed by atoms with Crippen LogP contribution < -0.4 is 0 Å². The maximum absolute atomic E-state index is 2.41. The van der Waals surface area contributed by atoms with Gasteiger partial charge in [-0.1, -0.05) is 74.7 Å². The second kappa shape index (κ2) is 9.24. The van der Waals surface area contributed by atoms with Crippen LogP contribution in [0.1, 0.15) is 81.1 Å². The molecule has 0 bridgehead atoms. The Balaban J connectivity index is 0. The van der Waals surface area contributed by atoms with Crippen LogP contribution in [0, 0.1) is 17.3 Å². The number of hydrogen-bond acceptors (Lipinski definition) is 0. The predicted molar refractivity (Wildman–Crippen MR) is 73.3 cm³/mol. The van der Waals surface area contributed by atoms with Crippen molar-refractivity contribution in [2.75, 3.05) is 0 Å². The molecule has 2 unspecified atom stereocenters. The van der Waals surface area contributed by atoms with Crippen molar-refractivity contribution >= 4 is 0 Å². The van der Waals surface area contributed by atoms with Gasteiger partial charge in [0.25, 0.3) is 0 Å². The van der Waals surface area contributed by atoms with Crippen LogP contribution in [0.4, 0.5) is 0 Å². The van der Waals surface area contributed by atoms with Gasteiger partial charge in [-0.2, -0.15) is 0 Å². The van der Waals surface area contributed by atoms with E-state index in [-0.39, 0.29) is 0 Å². The molecule has 0 nitrogen and oxygen atoms in total. The average Bonchev–Trinajstić information content (AvgIpc) is 2.74. The first-order valence-corrected chi connectivity index (χ1v) is 7.10. The Morgan fingerprint density at radius 3 is 1.60 bits per heavy atom. The van der Waals surface area contributed by atoms with Gasteiger partial charge in [0.05, 0.1) is 0 Å². The third-order valence-electron chi connectivity index (χ3n) is 3.74. The summed E-state index contributed by atoms with van der Waals surface area (Å²) >= 11 is 0. The average molecular weight is 214 g/mol. The zero-order valence-electron chi connectivity index (χ0n) is 12.5. The first-order chi connectivity index (χ1) is 7.10. The largest absolute Gasteiger partial charge is 0.0683 e. The summed E-state index contributed by atoms with van der Waals surface area (Å²) in [5, 5.41) is 0. The first-order valence-electron chi connectivity index (χ1n) is 7.10.